The number of anilines is 2. The minimum absolute atomic E-state index is 0.0734. The summed E-state index contributed by atoms with van der Waals surface area (Å²) in [4.78, 5) is 32.5. The second-order valence-electron chi connectivity index (χ2n) is 8.58. The van der Waals surface area contributed by atoms with Gasteiger partial charge < -0.3 is 14.7 Å². The molecule has 5 heteroatoms. The summed E-state index contributed by atoms with van der Waals surface area (Å²) in [7, 11) is 0. The first-order valence-electron chi connectivity index (χ1n) is 10.4. The molecular formula is C24H29N3O2. The topological polar surface area (TPSA) is 43.9 Å². The van der Waals surface area contributed by atoms with Gasteiger partial charge >= 0.3 is 0 Å². The van der Waals surface area contributed by atoms with Crippen LogP contribution in [0.1, 0.15) is 25.0 Å². The summed E-state index contributed by atoms with van der Waals surface area (Å²) in [6, 6.07) is 16.4. The first-order valence-corrected chi connectivity index (χ1v) is 10.4. The van der Waals surface area contributed by atoms with E-state index in [1.54, 1.807) is 18.7 Å². The Morgan fingerprint density at radius 3 is 2.31 bits per heavy atom. The van der Waals surface area contributed by atoms with Crippen molar-refractivity contribution in [2.45, 2.75) is 27.2 Å². The Hall–Kier alpha value is -2.82. The standard InChI is InChI=1S/C24H29N3O2/c1-18-7-6-9-20(17-18)25-13-15-26(16-14-25)22(28)24(2,3)23(29)27-12-11-19-8-4-5-10-21(19)27/h4-10,17H,11-16H2,1-3H3. The van der Waals surface area contributed by atoms with Gasteiger partial charge in [-0.25, -0.2) is 0 Å². The summed E-state index contributed by atoms with van der Waals surface area (Å²) >= 11 is 0. The van der Waals surface area contributed by atoms with Gasteiger partial charge in [-0.05, 0) is 56.5 Å². The fourth-order valence-electron chi connectivity index (χ4n) is 4.37. The second kappa shape index (κ2) is 7.54. The predicted octanol–water partition coefficient (Wildman–Crippen LogP) is 3.26. The molecule has 1 fully saturated rings. The molecule has 2 amide bonds. The van der Waals surface area contributed by atoms with Crippen molar-refractivity contribution in [2.75, 3.05) is 42.5 Å². The van der Waals surface area contributed by atoms with Gasteiger partial charge in [0, 0.05) is 44.1 Å². The number of hydrogen-bond acceptors (Lipinski definition) is 3. The summed E-state index contributed by atoms with van der Waals surface area (Å²) in [5.41, 5.74) is 3.49. The van der Waals surface area contributed by atoms with Crippen LogP contribution in [0.4, 0.5) is 11.4 Å². The Kier molecular flexibility index (Phi) is 5.07. The van der Waals surface area contributed by atoms with Crippen molar-refractivity contribution in [1.29, 1.82) is 0 Å². The number of benzene rings is 2. The van der Waals surface area contributed by atoms with E-state index >= 15 is 0 Å². The van der Waals surface area contributed by atoms with E-state index in [0.29, 0.717) is 19.6 Å². The van der Waals surface area contributed by atoms with Gasteiger partial charge in [0.25, 0.3) is 0 Å². The van der Waals surface area contributed by atoms with Crippen molar-refractivity contribution in [3.05, 3.63) is 59.7 Å². The zero-order chi connectivity index (χ0) is 20.6. The molecule has 0 radical (unpaired) electrons. The predicted molar refractivity (Wildman–Crippen MR) is 116 cm³/mol. The summed E-state index contributed by atoms with van der Waals surface area (Å²) in [5, 5.41) is 0. The minimum atomic E-state index is -1.07. The van der Waals surface area contributed by atoms with Crippen molar-refractivity contribution in [3.63, 3.8) is 0 Å². The van der Waals surface area contributed by atoms with Crippen LogP contribution < -0.4 is 9.80 Å². The average Bonchev–Trinajstić information content (AvgIpc) is 3.16. The average molecular weight is 392 g/mol. The second-order valence-corrected chi connectivity index (χ2v) is 8.58. The molecule has 5 nitrogen and oxygen atoms in total. The van der Waals surface area contributed by atoms with Crippen LogP contribution in [0.5, 0.6) is 0 Å². The minimum Gasteiger partial charge on any atom is -0.368 e. The molecule has 2 aliphatic heterocycles. The Morgan fingerprint density at radius 2 is 1.59 bits per heavy atom. The van der Waals surface area contributed by atoms with Crippen LogP contribution in [0.25, 0.3) is 0 Å². The smallest absolute Gasteiger partial charge is 0.242 e. The highest BCUT2D eigenvalue weighted by Gasteiger charge is 2.44. The number of para-hydroxylation sites is 1. The highest BCUT2D eigenvalue weighted by atomic mass is 16.2. The van der Waals surface area contributed by atoms with Crippen LogP contribution >= 0.6 is 0 Å². The molecule has 0 unspecified atom stereocenters. The van der Waals surface area contributed by atoms with E-state index in [4.69, 9.17) is 0 Å². The molecule has 29 heavy (non-hydrogen) atoms. The number of carbonyl (C=O) groups excluding carboxylic acids is 2. The Labute approximate surface area is 172 Å². The maximum Gasteiger partial charge on any atom is 0.242 e. The molecule has 0 atom stereocenters. The lowest BCUT2D eigenvalue weighted by Crippen LogP contribution is -2.56. The van der Waals surface area contributed by atoms with Gasteiger partial charge in [0.05, 0.1) is 0 Å². The zero-order valence-electron chi connectivity index (χ0n) is 17.5. The van der Waals surface area contributed by atoms with E-state index in [-0.39, 0.29) is 11.8 Å². The number of aryl methyl sites for hydroxylation is 1. The van der Waals surface area contributed by atoms with Crippen molar-refractivity contribution >= 4 is 23.2 Å². The highest BCUT2D eigenvalue weighted by Crippen LogP contribution is 2.33. The molecule has 2 aromatic carbocycles. The van der Waals surface area contributed by atoms with E-state index in [9.17, 15) is 9.59 Å². The van der Waals surface area contributed by atoms with Gasteiger partial charge in [-0.3, -0.25) is 9.59 Å². The summed E-state index contributed by atoms with van der Waals surface area (Å²) in [5.74, 6) is -0.177. The number of rotatable bonds is 3. The lowest BCUT2D eigenvalue weighted by atomic mass is 9.89. The third-order valence-electron chi connectivity index (χ3n) is 6.14. The number of hydrogen-bond donors (Lipinski definition) is 0. The van der Waals surface area contributed by atoms with Crippen molar-refractivity contribution in [2.24, 2.45) is 5.41 Å². The van der Waals surface area contributed by atoms with Gasteiger partial charge in [-0.1, -0.05) is 30.3 Å². The van der Waals surface area contributed by atoms with Crippen LogP contribution in [0, 0.1) is 12.3 Å². The van der Waals surface area contributed by atoms with E-state index in [1.165, 1.54) is 16.8 Å². The van der Waals surface area contributed by atoms with E-state index in [1.807, 2.05) is 23.1 Å². The van der Waals surface area contributed by atoms with Crippen molar-refractivity contribution in [3.8, 4) is 0 Å². The number of nitrogens with zero attached hydrogens (tertiary/aromatic N) is 3. The monoisotopic (exact) mass is 391 g/mol. The highest BCUT2D eigenvalue weighted by molar-refractivity contribution is 6.11. The quantitative estimate of drug-likeness (QED) is 0.755. The normalized spacial score (nSPS) is 16.7. The lowest BCUT2D eigenvalue weighted by Gasteiger charge is -2.40. The first-order chi connectivity index (χ1) is 13.9. The number of amides is 2. The van der Waals surface area contributed by atoms with Crippen LogP contribution in [0.15, 0.2) is 48.5 Å². The van der Waals surface area contributed by atoms with E-state index < -0.39 is 5.41 Å². The van der Waals surface area contributed by atoms with E-state index in [0.717, 1.165) is 25.2 Å². The molecule has 4 rings (SSSR count). The molecular weight excluding hydrogens is 362 g/mol. The molecule has 0 N–H and O–H groups in total. The maximum atomic E-state index is 13.3. The van der Waals surface area contributed by atoms with Crippen molar-refractivity contribution in [1.82, 2.24) is 4.90 Å². The van der Waals surface area contributed by atoms with Gasteiger partial charge in [-0.2, -0.15) is 0 Å². The molecule has 2 aromatic rings. The van der Waals surface area contributed by atoms with E-state index in [2.05, 4.69) is 42.2 Å². The van der Waals surface area contributed by atoms with Gasteiger partial charge in [0.1, 0.15) is 5.41 Å². The summed E-state index contributed by atoms with van der Waals surface area (Å²) < 4.78 is 0. The fourth-order valence-corrected chi connectivity index (χ4v) is 4.37. The Bertz CT molecular complexity index is 929. The third-order valence-corrected chi connectivity index (χ3v) is 6.14. The Morgan fingerprint density at radius 1 is 0.862 bits per heavy atom. The fraction of sp³-hybridized carbons (Fsp3) is 0.417. The Balaban J connectivity index is 1.43. The number of piperazine rings is 1. The van der Waals surface area contributed by atoms with Gasteiger partial charge in [-0.15, -0.1) is 0 Å². The molecule has 2 aliphatic rings. The maximum absolute atomic E-state index is 13.3. The molecule has 1 saturated heterocycles. The third kappa shape index (κ3) is 3.61. The van der Waals surface area contributed by atoms with Gasteiger partial charge in [0.15, 0.2) is 0 Å². The zero-order valence-corrected chi connectivity index (χ0v) is 17.5. The first kappa shape index (κ1) is 19.5. The van der Waals surface area contributed by atoms with Gasteiger partial charge in [0.2, 0.25) is 11.8 Å². The molecule has 0 spiro atoms. The SMILES string of the molecule is Cc1cccc(N2CCN(C(=O)C(C)(C)C(=O)N3CCc4ccccc43)CC2)c1. The lowest BCUT2D eigenvalue weighted by molar-refractivity contribution is -0.147. The molecule has 0 bridgehead atoms. The van der Waals surface area contributed by atoms with Crippen LogP contribution in [0.2, 0.25) is 0 Å². The summed E-state index contributed by atoms with van der Waals surface area (Å²) in [6.45, 7) is 9.12. The molecule has 0 aromatic heterocycles. The molecule has 0 aliphatic carbocycles. The van der Waals surface area contributed by atoms with Crippen LogP contribution in [-0.2, 0) is 16.0 Å². The molecule has 2 heterocycles. The molecule has 0 saturated carbocycles. The van der Waals surface area contributed by atoms with Crippen molar-refractivity contribution < 1.29 is 9.59 Å². The molecule has 152 valence electrons. The van der Waals surface area contributed by atoms with Crippen LogP contribution in [0.3, 0.4) is 0 Å². The number of fused-ring (bicyclic) bond motifs is 1. The summed E-state index contributed by atoms with van der Waals surface area (Å²) in [6.07, 6.45) is 0.849. The number of carbonyl (C=O) groups is 2. The van der Waals surface area contributed by atoms with Crippen LogP contribution in [-0.4, -0.2) is 49.4 Å². The largest absolute Gasteiger partial charge is 0.368 e.